The lowest BCUT2D eigenvalue weighted by Gasteiger charge is -2.07. The summed E-state index contributed by atoms with van der Waals surface area (Å²) < 4.78 is 5.25. The van der Waals surface area contributed by atoms with Crippen LogP contribution in [0.1, 0.15) is 5.56 Å². The van der Waals surface area contributed by atoms with Crippen molar-refractivity contribution in [1.82, 2.24) is 15.2 Å². The quantitative estimate of drug-likeness (QED) is 0.865. The second-order valence-electron chi connectivity index (χ2n) is 3.41. The second kappa shape index (κ2) is 6.07. The minimum absolute atomic E-state index is 0.102. The van der Waals surface area contributed by atoms with Crippen LogP contribution in [0.5, 0.6) is 5.75 Å². The van der Waals surface area contributed by atoms with Crippen molar-refractivity contribution in [3.8, 4) is 11.8 Å². The van der Waals surface area contributed by atoms with Crippen molar-refractivity contribution in [3.63, 3.8) is 0 Å². The molecular weight excluding hydrogens is 246 g/mol. The largest absolute Gasteiger partial charge is 0.482 e. The van der Waals surface area contributed by atoms with Crippen LogP contribution >= 0.6 is 0 Å². The zero-order chi connectivity index (χ0) is 13.5. The molecule has 94 valence electrons. The molecular formula is C12H9N5O2. The van der Waals surface area contributed by atoms with Crippen LogP contribution in [0, 0.1) is 11.3 Å². The van der Waals surface area contributed by atoms with Gasteiger partial charge in [-0.3, -0.25) is 10.1 Å². The predicted molar refractivity (Wildman–Crippen MR) is 65.1 cm³/mol. The molecule has 2 aromatic rings. The molecule has 0 spiro atoms. The maximum Gasteiger partial charge on any atom is 0.264 e. The van der Waals surface area contributed by atoms with Gasteiger partial charge in [-0.25, -0.2) is 4.98 Å². The minimum Gasteiger partial charge on any atom is -0.482 e. The van der Waals surface area contributed by atoms with E-state index in [0.29, 0.717) is 11.3 Å². The van der Waals surface area contributed by atoms with Gasteiger partial charge in [0.25, 0.3) is 5.91 Å². The summed E-state index contributed by atoms with van der Waals surface area (Å²) in [6, 6.07) is 8.64. The number of nitriles is 1. The maximum absolute atomic E-state index is 11.6. The Balaban J connectivity index is 1.92. The molecule has 1 aromatic heterocycles. The van der Waals surface area contributed by atoms with E-state index in [2.05, 4.69) is 20.5 Å². The highest BCUT2D eigenvalue weighted by atomic mass is 16.5. The van der Waals surface area contributed by atoms with E-state index in [4.69, 9.17) is 10.00 Å². The molecule has 0 atom stereocenters. The molecule has 0 bridgehead atoms. The number of carbonyl (C=O) groups excluding carboxylic acids is 1. The zero-order valence-corrected chi connectivity index (χ0v) is 9.78. The molecule has 2 rings (SSSR count). The summed E-state index contributed by atoms with van der Waals surface area (Å²) in [4.78, 5) is 15.4. The smallest absolute Gasteiger partial charge is 0.264 e. The van der Waals surface area contributed by atoms with Gasteiger partial charge in [-0.15, -0.1) is 5.10 Å². The Morgan fingerprint density at radius 1 is 1.37 bits per heavy atom. The summed E-state index contributed by atoms with van der Waals surface area (Å²) >= 11 is 0. The highest BCUT2D eigenvalue weighted by molar-refractivity contribution is 5.90. The Kier molecular flexibility index (Phi) is 3.97. The number of aromatic nitrogens is 3. The lowest BCUT2D eigenvalue weighted by atomic mass is 10.2. The van der Waals surface area contributed by atoms with Crippen LogP contribution in [-0.2, 0) is 4.79 Å². The molecule has 0 saturated carbocycles. The Labute approximate surface area is 108 Å². The third-order valence-electron chi connectivity index (χ3n) is 2.10. The molecule has 0 fully saturated rings. The van der Waals surface area contributed by atoms with Crippen molar-refractivity contribution in [2.45, 2.75) is 0 Å². The number of nitrogens with one attached hydrogen (secondary N) is 1. The van der Waals surface area contributed by atoms with Crippen LogP contribution in [0.2, 0.25) is 0 Å². The predicted octanol–water partition coefficient (Wildman–Crippen LogP) is 0.761. The molecule has 0 aliphatic rings. The summed E-state index contributed by atoms with van der Waals surface area (Å²) in [6.07, 6.45) is 2.81. The molecule has 7 nitrogen and oxygen atoms in total. The third-order valence-corrected chi connectivity index (χ3v) is 2.10. The van der Waals surface area contributed by atoms with Gasteiger partial charge in [0, 0.05) is 0 Å². The number of hydrogen-bond acceptors (Lipinski definition) is 6. The van der Waals surface area contributed by atoms with E-state index in [-0.39, 0.29) is 12.6 Å². The number of anilines is 1. The highest BCUT2D eigenvalue weighted by Gasteiger charge is 2.07. The van der Waals surface area contributed by atoms with Crippen molar-refractivity contribution in [2.24, 2.45) is 0 Å². The van der Waals surface area contributed by atoms with Crippen molar-refractivity contribution in [3.05, 3.63) is 42.2 Å². The van der Waals surface area contributed by atoms with Crippen molar-refractivity contribution < 1.29 is 9.53 Å². The first-order chi connectivity index (χ1) is 9.29. The first kappa shape index (κ1) is 12.4. The molecule has 0 saturated heterocycles. The van der Waals surface area contributed by atoms with Gasteiger partial charge in [0.05, 0.1) is 18.0 Å². The Hall–Kier alpha value is -3.01. The molecule has 1 aromatic carbocycles. The van der Waals surface area contributed by atoms with Crippen molar-refractivity contribution in [1.29, 1.82) is 5.26 Å². The van der Waals surface area contributed by atoms with Crippen LogP contribution in [0.25, 0.3) is 0 Å². The summed E-state index contributed by atoms with van der Waals surface area (Å²) in [6.45, 7) is -0.239. The van der Waals surface area contributed by atoms with Gasteiger partial charge in [0.2, 0.25) is 5.95 Å². The lowest BCUT2D eigenvalue weighted by Crippen LogP contribution is -2.21. The molecule has 7 heteroatoms. The second-order valence-corrected chi connectivity index (χ2v) is 3.41. The molecule has 1 heterocycles. The van der Waals surface area contributed by atoms with E-state index in [0.717, 1.165) is 0 Å². The van der Waals surface area contributed by atoms with Gasteiger partial charge in [0.15, 0.2) is 6.61 Å². The van der Waals surface area contributed by atoms with Crippen LogP contribution in [-0.4, -0.2) is 27.7 Å². The number of carbonyl (C=O) groups is 1. The average molecular weight is 255 g/mol. The average Bonchev–Trinajstić information content (AvgIpc) is 2.46. The van der Waals surface area contributed by atoms with Crippen molar-refractivity contribution in [2.75, 3.05) is 11.9 Å². The number of nitrogens with zero attached hydrogens (tertiary/aromatic N) is 4. The fraction of sp³-hybridized carbons (Fsp3) is 0.0833. The van der Waals surface area contributed by atoms with Gasteiger partial charge in [0.1, 0.15) is 11.8 Å². The van der Waals surface area contributed by atoms with E-state index in [1.54, 1.807) is 24.3 Å². The maximum atomic E-state index is 11.6. The Morgan fingerprint density at radius 3 is 2.95 bits per heavy atom. The van der Waals surface area contributed by atoms with E-state index in [9.17, 15) is 4.79 Å². The number of amides is 1. The standard InChI is InChI=1S/C12H9N5O2/c13-7-9-3-1-2-4-10(9)19-8-11(18)16-12-14-5-6-15-17-12/h1-6H,8H2,(H,14,16,17,18). The van der Waals surface area contributed by atoms with E-state index in [1.807, 2.05) is 6.07 Å². The van der Waals surface area contributed by atoms with Gasteiger partial charge < -0.3 is 4.74 Å². The number of hydrogen-bond donors (Lipinski definition) is 1. The lowest BCUT2D eigenvalue weighted by molar-refractivity contribution is -0.118. The molecule has 1 N–H and O–H groups in total. The van der Waals surface area contributed by atoms with E-state index in [1.165, 1.54) is 12.4 Å². The van der Waals surface area contributed by atoms with Crippen LogP contribution in [0.15, 0.2) is 36.7 Å². The SMILES string of the molecule is N#Cc1ccccc1OCC(=O)Nc1nccnn1. The van der Waals surface area contributed by atoms with Gasteiger partial charge in [-0.2, -0.15) is 10.4 Å². The number of benzene rings is 1. The summed E-state index contributed by atoms with van der Waals surface area (Å²) in [7, 11) is 0. The highest BCUT2D eigenvalue weighted by Crippen LogP contribution is 2.16. The van der Waals surface area contributed by atoms with Gasteiger partial charge >= 0.3 is 0 Å². The third kappa shape index (κ3) is 3.47. The van der Waals surface area contributed by atoms with Crippen LogP contribution < -0.4 is 10.1 Å². The zero-order valence-electron chi connectivity index (χ0n) is 9.78. The molecule has 0 unspecified atom stereocenters. The van der Waals surface area contributed by atoms with Gasteiger partial charge in [-0.1, -0.05) is 12.1 Å². The van der Waals surface area contributed by atoms with E-state index < -0.39 is 5.91 Å². The molecule has 0 aliphatic heterocycles. The Bertz CT molecular complexity index is 609. The number of para-hydroxylation sites is 1. The molecule has 0 radical (unpaired) electrons. The topological polar surface area (TPSA) is 101 Å². The van der Waals surface area contributed by atoms with E-state index >= 15 is 0 Å². The first-order valence-electron chi connectivity index (χ1n) is 5.35. The summed E-state index contributed by atoms with van der Waals surface area (Å²) in [5.41, 5.74) is 0.368. The fourth-order valence-corrected chi connectivity index (χ4v) is 1.29. The molecule has 19 heavy (non-hydrogen) atoms. The Morgan fingerprint density at radius 2 is 2.21 bits per heavy atom. The number of ether oxygens (including phenoxy) is 1. The molecule has 1 amide bonds. The summed E-state index contributed by atoms with van der Waals surface area (Å²) in [5.74, 6) is 0.0256. The van der Waals surface area contributed by atoms with Crippen LogP contribution in [0.3, 0.4) is 0 Å². The van der Waals surface area contributed by atoms with Crippen LogP contribution in [0.4, 0.5) is 5.95 Å². The van der Waals surface area contributed by atoms with Crippen molar-refractivity contribution >= 4 is 11.9 Å². The normalized spacial score (nSPS) is 9.42. The minimum atomic E-state index is -0.430. The first-order valence-corrected chi connectivity index (χ1v) is 5.35. The van der Waals surface area contributed by atoms with Gasteiger partial charge in [-0.05, 0) is 12.1 Å². The summed E-state index contributed by atoms with van der Waals surface area (Å²) in [5, 5.41) is 18.5. The molecule has 0 aliphatic carbocycles. The fourth-order valence-electron chi connectivity index (χ4n) is 1.29. The number of rotatable bonds is 4. The monoisotopic (exact) mass is 255 g/mol.